The molecular formula is C16H26N2O2S. The number of rotatable bonds is 7. The van der Waals surface area contributed by atoms with Gasteiger partial charge in [0.1, 0.15) is 0 Å². The molecule has 0 spiro atoms. The molecule has 1 atom stereocenters. The zero-order chi connectivity index (χ0) is 15.1. The van der Waals surface area contributed by atoms with Crippen molar-refractivity contribution in [1.29, 1.82) is 0 Å². The quantitative estimate of drug-likeness (QED) is 0.808. The van der Waals surface area contributed by atoms with E-state index in [2.05, 4.69) is 17.1 Å². The number of β-amino-alcohol motifs (C(OH)–C–C–N with tert-alkyl or cyclic N) is 1. The number of aryl methyl sites for hydroxylation is 1. The molecule has 1 saturated heterocycles. The Morgan fingerprint density at radius 1 is 1.52 bits per heavy atom. The Bertz CT molecular complexity index is 414. The van der Waals surface area contributed by atoms with Crippen molar-refractivity contribution in [2.24, 2.45) is 5.92 Å². The fraction of sp³-hybridized carbons (Fsp3) is 0.688. The van der Waals surface area contributed by atoms with E-state index in [9.17, 15) is 9.90 Å². The van der Waals surface area contributed by atoms with Crippen molar-refractivity contribution in [2.75, 3.05) is 26.2 Å². The molecule has 2 N–H and O–H groups in total. The molecular weight excluding hydrogens is 284 g/mol. The molecule has 118 valence electrons. The molecule has 0 aromatic carbocycles. The summed E-state index contributed by atoms with van der Waals surface area (Å²) in [4.78, 5) is 15.3. The number of nitrogens with one attached hydrogen (secondary N) is 1. The van der Waals surface area contributed by atoms with Crippen LogP contribution in [0.1, 0.15) is 31.1 Å². The van der Waals surface area contributed by atoms with Crippen molar-refractivity contribution in [3.63, 3.8) is 0 Å². The maximum Gasteiger partial charge on any atom is 0.220 e. The molecule has 1 aliphatic rings. The van der Waals surface area contributed by atoms with Gasteiger partial charge in [-0.05, 0) is 49.7 Å². The largest absolute Gasteiger partial charge is 0.390 e. The van der Waals surface area contributed by atoms with Gasteiger partial charge in [0.05, 0.1) is 6.10 Å². The average Bonchev–Trinajstić information content (AvgIpc) is 2.99. The highest BCUT2D eigenvalue weighted by Gasteiger charge is 2.18. The van der Waals surface area contributed by atoms with Gasteiger partial charge in [0, 0.05) is 24.4 Å². The van der Waals surface area contributed by atoms with E-state index in [-0.39, 0.29) is 5.91 Å². The van der Waals surface area contributed by atoms with E-state index in [4.69, 9.17) is 0 Å². The summed E-state index contributed by atoms with van der Waals surface area (Å²) < 4.78 is 0. The Hall–Kier alpha value is -0.910. The summed E-state index contributed by atoms with van der Waals surface area (Å²) in [6, 6.07) is 4.05. The van der Waals surface area contributed by atoms with Crippen molar-refractivity contribution in [3.8, 4) is 0 Å². The summed E-state index contributed by atoms with van der Waals surface area (Å²) in [7, 11) is 0. The number of amides is 1. The van der Waals surface area contributed by atoms with Gasteiger partial charge in [-0.25, -0.2) is 0 Å². The lowest BCUT2D eigenvalue weighted by Gasteiger charge is -2.31. The lowest BCUT2D eigenvalue weighted by Crippen LogP contribution is -2.43. The standard InChI is InChI=1S/C16H26N2O2S/c1-13-6-8-18(9-7-13)12-14(19)11-17-16(20)5-4-15-3-2-10-21-15/h2-3,10,13-14,19H,4-9,11-12H2,1H3,(H,17,20). The number of aliphatic hydroxyl groups excluding tert-OH is 1. The van der Waals surface area contributed by atoms with Gasteiger partial charge in [-0.15, -0.1) is 11.3 Å². The van der Waals surface area contributed by atoms with E-state index < -0.39 is 6.10 Å². The molecule has 1 aromatic rings. The molecule has 4 nitrogen and oxygen atoms in total. The lowest BCUT2D eigenvalue weighted by atomic mass is 9.99. The highest BCUT2D eigenvalue weighted by Crippen LogP contribution is 2.15. The zero-order valence-corrected chi connectivity index (χ0v) is 13.6. The Morgan fingerprint density at radius 2 is 2.29 bits per heavy atom. The predicted octanol–water partition coefficient (Wildman–Crippen LogP) is 1.89. The first-order chi connectivity index (χ1) is 10.1. The lowest BCUT2D eigenvalue weighted by molar-refractivity contribution is -0.121. The van der Waals surface area contributed by atoms with Crippen molar-refractivity contribution >= 4 is 17.2 Å². The number of carbonyl (C=O) groups is 1. The second-order valence-corrected chi connectivity index (χ2v) is 7.05. The van der Waals surface area contributed by atoms with Crippen molar-refractivity contribution in [1.82, 2.24) is 10.2 Å². The van der Waals surface area contributed by atoms with Gasteiger partial charge in [-0.2, -0.15) is 0 Å². The smallest absolute Gasteiger partial charge is 0.220 e. The molecule has 1 aliphatic heterocycles. The number of thiophene rings is 1. The number of carbonyl (C=O) groups excluding carboxylic acids is 1. The molecule has 1 amide bonds. The van der Waals surface area contributed by atoms with E-state index in [1.807, 2.05) is 17.5 Å². The number of piperidine rings is 1. The first kappa shape index (κ1) is 16.5. The van der Waals surface area contributed by atoms with E-state index in [1.165, 1.54) is 17.7 Å². The molecule has 0 saturated carbocycles. The Balaban J connectivity index is 1.57. The average molecular weight is 310 g/mol. The maximum atomic E-state index is 11.7. The summed E-state index contributed by atoms with van der Waals surface area (Å²) in [6.45, 7) is 5.42. The molecule has 2 heterocycles. The molecule has 1 unspecified atom stereocenters. The number of hydrogen-bond acceptors (Lipinski definition) is 4. The van der Waals surface area contributed by atoms with Gasteiger partial charge < -0.3 is 15.3 Å². The molecule has 0 bridgehead atoms. The number of hydrogen-bond donors (Lipinski definition) is 2. The molecule has 1 fully saturated rings. The first-order valence-electron chi connectivity index (χ1n) is 7.83. The zero-order valence-electron chi connectivity index (χ0n) is 12.8. The van der Waals surface area contributed by atoms with E-state index in [0.717, 1.165) is 25.4 Å². The van der Waals surface area contributed by atoms with Crippen molar-refractivity contribution < 1.29 is 9.90 Å². The van der Waals surface area contributed by atoms with Gasteiger partial charge in [-0.1, -0.05) is 13.0 Å². The van der Waals surface area contributed by atoms with Gasteiger partial charge >= 0.3 is 0 Å². The minimum atomic E-state index is -0.468. The van der Waals surface area contributed by atoms with Crippen LogP contribution >= 0.6 is 11.3 Å². The monoisotopic (exact) mass is 310 g/mol. The Morgan fingerprint density at radius 3 is 2.95 bits per heavy atom. The normalized spacial score (nSPS) is 18.6. The summed E-state index contributed by atoms with van der Waals surface area (Å²) in [5.41, 5.74) is 0. The highest BCUT2D eigenvalue weighted by atomic mass is 32.1. The minimum Gasteiger partial charge on any atom is -0.390 e. The SMILES string of the molecule is CC1CCN(CC(O)CNC(=O)CCc2cccs2)CC1. The minimum absolute atomic E-state index is 0.0229. The maximum absolute atomic E-state index is 11.7. The van der Waals surface area contributed by atoms with E-state index >= 15 is 0 Å². The summed E-state index contributed by atoms with van der Waals surface area (Å²) in [5.74, 6) is 0.824. The molecule has 0 radical (unpaired) electrons. The van der Waals surface area contributed by atoms with Crippen molar-refractivity contribution in [2.45, 2.75) is 38.7 Å². The Labute approximate surface area is 131 Å². The second kappa shape index (κ2) is 8.51. The van der Waals surface area contributed by atoms with Gasteiger partial charge in [-0.3, -0.25) is 4.79 Å². The van der Waals surface area contributed by atoms with Crippen LogP contribution in [0.4, 0.5) is 0 Å². The third-order valence-corrected chi connectivity index (χ3v) is 4.99. The fourth-order valence-electron chi connectivity index (χ4n) is 2.62. The van der Waals surface area contributed by atoms with Crippen LogP contribution in [0.2, 0.25) is 0 Å². The van der Waals surface area contributed by atoms with Crippen molar-refractivity contribution in [3.05, 3.63) is 22.4 Å². The van der Waals surface area contributed by atoms with Gasteiger partial charge in [0.15, 0.2) is 0 Å². The van der Waals surface area contributed by atoms with Crippen LogP contribution in [0.25, 0.3) is 0 Å². The highest BCUT2D eigenvalue weighted by molar-refractivity contribution is 7.09. The van der Waals surface area contributed by atoms with Crippen LogP contribution in [-0.2, 0) is 11.2 Å². The Kier molecular flexibility index (Phi) is 6.67. The summed E-state index contributed by atoms with van der Waals surface area (Å²) in [6.07, 6.45) is 3.22. The third-order valence-electron chi connectivity index (χ3n) is 4.06. The summed E-state index contributed by atoms with van der Waals surface area (Å²) >= 11 is 1.68. The first-order valence-corrected chi connectivity index (χ1v) is 8.71. The molecule has 21 heavy (non-hydrogen) atoms. The van der Waals surface area contributed by atoms with E-state index in [0.29, 0.717) is 19.5 Å². The molecule has 1 aromatic heterocycles. The van der Waals surface area contributed by atoms with Crippen LogP contribution in [-0.4, -0.2) is 48.2 Å². The van der Waals surface area contributed by atoms with Crippen LogP contribution in [0, 0.1) is 5.92 Å². The second-order valence-electron chi connectivity index (χ2n) is 6.02. The molecule has 0 aliphatic carbocycles. The van der Waals surface area contributed by atoms with Gasteiger partial charge in [0.2, 0.25) is 5.91 Å². The van der Waals surface area contributed by atoms with Crippen LogP contribution in [0.3, 0.4) is 0 Å². The number of likely N-dealkylation sites (tertiary alicyclic amines) is 1. The van der Waals surface area contributed by atoms with Crippen LogP contribution < -0.4 is 5.32 Å². The van der Waals surface area contributed by atoms with E-state index in [1.54, 1.807) is 11.3 Å². The number of aliphatic hydroxyl groups is 1. The van der Waals surface area contributed by atoms with Crippen LogP contribution in [0.15, 0.2) is 17.5 Å². The molecule has 2 rings (SSSR count). The summed E-state index contributed by atoms with van der Waals surface area (Å²) in [5, 5.41) is 14.9. The predicted molar refractivity (Wildman–Crippen MR) is 86.5 cm³/mol. The topological polar surface area (TPSA) is 52.6 Å². The molecule has 5 heteroatoms. The number of nitrogens with zero attached hydrogens (tertiary/aromatic N) is 1. The van der Waals surface area contributed by atoms with Crippen LogP contribution in [0.5, 0.6) is 0 Å². The van der Waals surface area contributed by atoms with Gasteiger partial charge in [0.25, 0.3) is 0 Å². The third kappa shape index (κ3) is 6.16. The fourth-order valence-corrected chi connectivity index (χ4v) is 3.33.